The van der Waals surface area contributed by atoms with Crippen molar-refractivity contribution in [3.05, 3.63) is 46.3 Å². The van der Waals surface area contributed by atoms with Gasteiger partial charge in [-0.1, -0.05) is 55.0 Å². The van der Waals surface area contributed by atoms with Crippen LogP contribution in [0.2, 0.25) is 10.0 Å². The molecule has 1 aromatic carbocycles. The highest BCUT2D eigenvalue weighted by molar-refractivity contribution is 7.89. The van der Waals surface area contributed by atoms with E-state index in [1.807, 2.05) is 0 Å². The Bertz CT molecular complexity index is 1100. The predicted octanol–water partition coefficient (Wildman–Crippen LogP) is 3.98. The van der Waals surface area contributed by atoms with Gasteiger partial charge in [0.2, 0.25) is 0 Å². The molecule has 8 nitrogen and oxygen atoms in total. The van der Waals surface area contributed by atoms with E-state index in [2.05, 4.69) is 15.2 Å². The van der Waals surface area contributed by atoms with Crippen LogP contribution < -0.4 is 5.32 Å². The van der Waals surface area contributed by atoms with Gasteiger partial charge < -0.3 is 9.88 Å². The van der Waals surface area contributed by atoms with Gasteiger partial charge in [-0.15, -0.1) is 12.4 Å². The predicted molar refractivity (Wildman–Crippen MR) is 140 cm³/mol. The van der Waals surface area contributed by atoms with Gasteiger partial charge in [-0.05, 0) is 25.0 Å². The first-order chi connectivity index (χ1) is 16.2. The second kappa shape index (κ2) is 11.8. The standard InChI is InChI=1S/C23H31Cl2N5O3S.ClH/c1-28-15-20(27-17-28)34(32,33)30-13-11-29(12-14-30)23(9-4-2-3-5-10-23)16-26-22(31)21-18(24)7-6-8-19(21)25;/h6-8,15,17H,2-5,9-14,16H2,1H3,(H,26,31);1H. The van der Waals surface area contributed by atoms with Crippen molar-refractivity contribution < 1.29 is 13.2 Å². The van der Waals surface area contributed by atoms with Crippen molar-refractivity contribution in [2.75, 3.05) is 32.7 Å². The summed E-state index contributed by atoms with van der Waals surface area (Å²) in [6.45, 7) is 2.47. The van der Waals surface area contributed by atoms with Gasteiger partial charge >= 0.3 is 0 Å². The van der Waals surface area contributed by atoms with Crippen LogP contribution in [-0.4, -0.2) is 71.3 Å². The highest BCUT2D eigenvalue weighted by Gasteiger charge is 2.41. The SMILES string of the molecule is Cl.Cn1cnc(S(=O)(=O)N2CCN(C3(CNC(=O)c4c(Cl)cccc4Cl)CCCCCC3)CC2)c1. The normalized spacial score (nSPS) is 19.5. The summed E-state index contributed by atoms with van der Waals surface area (Å²) < 4.78 is 29.2. The fourth-order valence-corrected chi connectivity index (χ4v) is 7.05. The van der Waals surface area contributed by atoms with E-state index in [1.54, 1.807) is 29.8 Å². The van der Waals surface area contributed by atoms with Crippen LogP contribution in [0.25, 0.3) is 0 Å². The van der Waals surface area contributed by atoms with Gasteiger partial charge in [-0.2, -0.15) is 4.31 Å². The third kappa shape index (κ3) is 6.14. The lowest BCUT2D eigenvalue weighted by Crippen LogP contribution is -2.61. The van der Waals surface area contributed by atoms with Gasteiger partial charge in [-0.3, -0.25) is 9.69 Å². The second-order valence-electron chi connectivity index (χ2n) is 9.19. The molecule has 1 N–H and O–H groups in total. The lowest BCUT2D eigenvalue weighted by atomic mass is 9.87. The van der Waals surface area contributed by atoms with Crippen LogP contribution in [0.4, 0.5) is 0 Å². The molecule has 2 fully saturated rings. The van der Waals surface area contributed by atoms with Crippen LogP contribution >= 0.6 is 35.6 Å². The summed E-state index contributed by atoms with van der Waals surface area (Å²) in [5, 5.41) is 3.83. The minimum Gasteiger partial charge on any atom is -0.350 e. The van der Waals surface area contributed by atoms with Gasteiger partial charge in [0.15, 0.2) is 5.03 Å². The van der Waals surface area contributed by atoms with E-state index in [4.69, 9.17) is 23.2 Å². The number of carbonyl (C=O) groups excluding carboxylic acids is 1. The van der Waals surface area contributed by atoms with Crippen molar-refractivity contribution in [2.45, 2.75) is 49.1 Å². The maximum Gasteiger partial charge on any atom is 0.262 e. The summed E-state index contributed by atoms with van der Waals surface area (Å²) in [6.07, 6.45) is 9.43. The van der Waals surface area contributed by atoms with Crippen LogP contribution in [-0.2, 0) is 17.1 Å². The number of hydrogen-bond acceptors (Lipinski definition) is 5. The Kier molecular flexibility index (Phi) is 9.51. The lowest BCUT2D eigenvalue weighted by Gasteiger charge is -2.47. The molecule has 2 heterocycles. The third-order valence-electron chi connectivity index (χ3n) is 7.00. The van der Waals surface area contributed by atoms with Gasteiger partial charge in [-0.25, -0.2) is 13.4 Å². The number of carbonyl (C=O) groups is 1. The van der Waals surface area contributed by atoms with Crippen LogP contribution in [0.3, 0.4) is 0 Å². The highest BCUT2D eigenvalue weighted by Crippen LogP contribution is 2.34. The first kappa shape index (κ1) is 28.2. The first-order valence-corrected chi connectivity index (χ1v) is 13.9. The van der Waals surface area contributed by atoms with E-state index < -0.39 is 10.0 Å². The lowest BCUT2D eigenvalue weighted by molar-refractivity contribution is 0.0391. The van der Waals surface area contributed by atoms with Crippen molar-refractivity contribution in [1.29, 1.82) is 0 Å². The monoisotopic (exact) mass is 563 g/mol. The molecule has 1 aliphatic heterocycles. The minimum absolute atomic E-state index is 0. The van der Waals surface area contributed by atoms with E-state index in [1.165, 1.54) is 29.7 Å². The molecule has 0 atom stereocenters. The van der Waals surface area contributed by atoms with E-state index in [0.717, 1.165) is 25.7 Å². The molecule has 1 aromatic heterocycles. The Hall–Kier alpha value is -1.36. The summed E-state index contributed by atoms with van der Waals surface area (Å²) in [4.78, 5) is 19.4. The fraction of sp³-hybridized carbons (Fsp3) is 0.565. The molecule has 1 saturated heterocycles. The van der Waals surface area contributed by atoms with Crippen molar-refractivity contribution >= 4 is 51.5 Å². The summed E-state index contributed by atoms with van der Waals surface area (Å²) in [5.41, 5.74) is 0.0710. The van der Waals surface area contributed by atoms with Crippen LogP contribution in [0.15, 0.2) is 35.7 Å². The van der Waals surface area contributed by atoms with Gasteiger partial charge in [0.25, 0.3) is 15.9 Å². The maximum absolute atomic E-state index is 13.0. The molecule has 0 radical (unpaired) electrons. The molecule has 1 aliphatic carbocycles. The Morgan fingerprint density at radius 2 is 1.66 bits per heavy atom. The molecule has 0 spiro atoms. The summed E-state index contributed by atoms with van der Waals surface area (Å²) in [6, 6.07) is 5.03. The molecule has 194 valence electrons. The van der Waals surface area contributed by atoms with Crippen molar-refractivity contribution in [1.82, 2.24) is 24.1 Å². The average molecular weight is 565 g/mol. The smallest absolute Gasteiger partial charge is 0.262 e. The van der Waals surface area contributed by atoms with Crippen molar-refractivity contribution in [2.24, 2.45) is 7.05 Å². The molecule has 1 saturated carbocycles. The second-order valence-corrected chi connectivity index (χ2v) is 11.9. The van der Waals surface area contributed by atoms with Crippen molar-refractivity contribution in [3.63, 3.8) is 0 Å². The van der Waals surface area contributed by atoms with Gasteiger partial charge in [0, 0.05) is 51.5 Å². The van der Waals surface area contributed by atoms with E-state index in [9.17, 15) is 13.2 Å². The molecular weight excluding hydrogens is 533 g/mol. The minimum atomic E-state index is -3.62. The van der Waals surface area contributed by atoms with Gasteiger partial charge in [0.05, 0.1) is 21.9 Å². The number of nitrogens with zero attached hydrogens (tertiary/aromatic N) is 4. The molecule has 1 amide bonds. The quantitative estimate of drug-likeness (QED) is 0.537. The number of imidazole rings is 1. The molecule has 12 heteroatoms. The number of benzene rings is 1. The Morgan fingerprint density at radius 1 is 1.06 bits per heavy atom. The van der Waals surface area contributed by atoms with E-state index in [-0.39, 0.29) is 28.9 Å². The number of amides is 1. The zero-order chi connectivity index (χ0) is 24.3. The Balaban J connectivity index is 0.00000342. The molecule has 4 rings (SSSR count). The van der Waals surface area contributed by atoms with Crippen LogP contribution in [0.1, 0.15) is 48.9 Å². The number of hydrogen-bond donors (Lipinski definition) is 1. The number of rotatable bonds is 6. The molecule has 35 heavy (non-hydrogen) atoms. The fourth-order valence-electron chi connectivity index (χ4n) is 5.10. The molecule has 2 aliphatic rings. The van der Waals surface area contributed by atoms with Crippen molar-refractivity contribution in [3.8, 4) is 0 Å². The molecule has 0 bridgehead atoms. The zero-order valence-corrected chi connectivity index (χ0v) is 22.9. The number of nitrogens with one attached hydrogen (secondary N) is 1. The van der Waals surface area contributed by atoms with Crippen LogP contribution in [0, 0.1) is 0 Å². The van der Waals surface area contributed by atoms with Gasteiger partial charge in [0.1, 0.15) is 0 Å². The molecular formula is C23H32Cl3N5O3S. The zero-order valence-electron chi connectivity index (χ0n) is 19.8. The number of sulfonamides is 1. The number of halogens is 3. The molecule has 0 unspecified atom stereocenters. The van der Waals surface area contributed by atoms with E-state index in [0.29, 0.717) is 48.3 Å². The third-order valence-corrected chi connectivity index (χ3v) is 9.41. The summed E-state index contributed by atoms with van der Waals surface area (Å²) in [5.74, 6) is -0.282. The topological polar surface area (TPSA) is 87.5 Å². The largest absolute Gasteiger partial charge is 0.350 e. The van der Waals surface area contributed by atoms with E-state index >= 15 is 0 Å². The highest BCUT2D eigenvalue weighted by atomic mass is 35.5. The number of aryl methyl sites for hydroxylation is 1. The number of aromatic nitrogens is 2. The summed E-state index contributed by atoms with van der Waals surface area (Å²) in [7, 11) is -1.86. The molecule has 2 aromatic rings. The van der Waals surface area contributed by atoms with Crippen LogP contribution in [0.5, 0.6) is 0 Å². The Labute approximate surface area is 223 Å². The number of piperazine rings is 1. The Morgan fingerprint density at radius 3 is 2.20 bits per heavy atom. The maximum atomic E-state index is 13.0. The average Bonchev–Trinajstić information content (AvgIpc) is 3.12. The first-order valence-electron chi connectivity index (χ1n) is 11.7. The summed E-state index contributed by atoms with van der Waals surface area (Å²) >= 11 is 12.5.